The molecule has 2 heterocycles. The molecule has 5 nitrogen and oxygen atoms in total. The number of nitrogens with one attached hydrogen (secondary N) is 1. The quantitative estimate of drug-likeness (QED) is 0.443. The van der Waals surface area contributed by atoms with Crippen LogP contribution in [0.3, 0.4) is 0 Å². The van der Waals surface area contributed by atoms with Crippen LogP contribution in [0.4, 0.5) is 0 Å². The summed E-state index contributed by atoms with van der Waals surface area (Å²) in [6, 6.07) is 17.1. The van der Waals surface area contributed by atoms with E-state index in [2.05, 4.69) is 17.1 Å². The van der Waals surface area contributed by atoms with E-state index in [1.165, 1.54) is 25.7 Å². The topological polar surface area (TPSA) is 70.9 Å². The molecule has 0 radical (unpaired) electrons. The number of phenols is 1. The summed E-state index contributed by atoms with van der Waals surface area (Å²) < 4.78 is 2.82. The second-order valence-corrected chi connectivity index (χ2v) is 10.5. The fraction of sp³-hybridized carbons (Fsp3) is 0.250. The van der Waals surface area contributed by atoms with E-state index in [9.17, 15) is 9.90 Å². The summed E-state index contributed by atoms with van der Waals surface area (Å²) >= 11 is 0.246. The number of fused-ring (bicyclic) bond motifs is 1. The Kier molecular flexibility index (Phi) is 5.19. The molecule has 152 valence electrons. The van der Waals surface area contributed by atoms with Crippen LogP contribution in [0.25, 0.3) is 17.1 Å². The van der Waals surface area contributed by atoms with Crippen molar-refractivity contribution >= 4 is 19.5 Å². The third kappa shape index (κ3) is 3.81. The Morgan fingerprint density at radius 3 is 2.53 bits per heavy atom. The molecule has 2 aromatic rings. The number of H-pyrrole nitrogens is 1. The predicted molar refractivity (Wildman–Crippen MR) is 119 cm³/mol. The molecule has 0 aromatic heterocycles. The van der Waals surface area contributed by atoms with Crippen LogP contribution in [0.15, 0.2) is 65.6 Å². The molecule has 0 atom stereocenters. The van der Waals surface area contributed by atoms with Gasteiger partial charge in [-0.25, -0.2) is 0 Å². The Labute approximate surface area is 181 Å². The number of imidazole rings is 1. The average molecular weight is 464 g/mol. The molecule has 0 amide bonds. The molecule has 30 heavy (non-hydrogen) atoms. The molecule has 1 aliphatic carbocycles. The summed E-state index contributed by atoms with van der Waals surface area (Å²) in [4.78, 5) is 22.3. The fourth-order valence-electron chi connectivity index (χ4n) is 4.03. The van der Waals surface area contributed by atoms with Crippen molar-refractivity contribution in [2.45, 2.75) is 36.9 Å². The number of nitrogens with zero attached hydrogens (tertiary/aromatic N) is 2. The van der Waals surface area contributed by atoms with Crippen molar-refractivity contribution in [3.8, 4) is 22.8 Å². The zero-order valence-electron chi connectivity index (χ0n) is 16.5. The van der Waals surface area contributed by atoms with E-state index in [-0.39, 0.29) is 26.3 Å². The Morgan fingerprint density at radius 1 is 1.07 bits per heavy atom. The van der Waals surface area contributed by atoms with Crippen molar-refractivity contribution in [1.29, 1.82) is 0 Å². The van der Waals surface area contributed by atoms with Gasteiger partial charge in [0.15, 0.2) is 0 Å². The van der Waals surface area contributed by atoms with E-state index in [1.54, 1.807) is 16.7 Å². The van der Waals surface area contributed by atoms with Crippen LogP contribution in [0.5, 0.6) is 5.75 Å². The van der Waals surface area contributed by atoms with Gasteiger partial charge < -0.3 is 0 Å². The number of aromatic hydroxyl groups is 1. The third-order valence-corrected chi connectivity index (χ3v) is 8.40. The van der Waals surface area contributed by atoms with Crippen molar-refractivity contribution in [3.63, 3.8) is 0 Å². The van der Waals surface area contributed by atoms with Crippen LogP contribution in [0, 0.1) is 0 Å². The standard InChI is InChI=1S/C24H23N3O2Se/c28-18-12-10-16(11-13-18)14-20-24(29)27-15-21(17-6-2-1-3-7-17)26-23(22(27)25-20)30-19-8-4-5-9-19/h1-3,6-7,10-13,15,19,26,28H,4-5,8-9,14H2. The molecule has 1 fully saturated rings. The van der Waals surface area contributed by atoms with E-state index < -0.39 is 0 Å². The van der Waals surface area contributed by atoms with Crippen LogP contribution in [-0.4, -0.2) is 34.6 Å². The van der Waals surface area contributed by atoms with Gasteiger partial charge in [-0.05, 0) is 0 Å². The zero-order valence-corrected chi connectivity index (χ0v) is 18.3. The first-order chi connectivity index (χ1) is 14.7. The number of aromatic amines is 1. The number of rotatable bonds is 5. The van der Waals surface area contributed by atoms with Crippen molar-refractivity contribution in [1.82, 2.24) is 14.5 Å². The van der Waals surface area contributed by atoms with Crippen molar-refractivity contribution in [3.05, 3.63) is 82.4 Å². The van der Waals surface area contributed by atoms with Crippen LogP contribution >= 0.6 is 0 Å². The molecule has 6 heteroatoms. The molecule has 0 spiro atoms. The van der Waals surface area contributed by atoms with Gasteiger partial charge in [0, 0.05) is 0 Å². The minimum absolute atomic E-state index is 0.0623. The van der Waals surface area contributed by atoms with E-state index in [0.29, 0.717) is 16.9 Å². The number of hydrogen-bond acceptors (Lipinski definition) is 3. The molecular weight excluding hydrogens is 441 g/mol. The van der Waals surface area contributed by atoms with Gasteiger partial charge >= 0.3 is 181 Å². The van der Waals surface area contributed by atoms with Crippen LogP contribution in [-0.2, 0) is 6.42 Å². The number of phenolic OH excluding ortho intramolecular Hbond substituents is 1. The minimum atomic E-state index is -0.0623. The molecule has 0 unspecified atom stereocenters. The van der Waals surface area contributed by atoms with Gasteiger partial charge in [-0.3, -0.25) is 0 Å². The Bertz CT molecular complexity index is 1180. The van der Waals surface area contributed by atoms with Gasteiger partial charge in [0.25, 0.3) is 0 Å². The van der Waals surface area contributed by atoms with Gasteiger partial charge in [0.2, 0.25) is 0 Å². The second-order valence-electron chi connectivity index (χ2n) is 7.79. The zero-order chi connectivity index (χ0) is 20.5. The SMILES string of the molecule is O=c1c(Cc2ccc(O)cc2)nc2c([Se]C3CCCC3)[nH]c(-c3ccccc3)cn1-2. The summed E-state index contributed by atoms with van der Waals surface area (Å²) in [6.07, 6.45) is 7.47. The number of benzene rings is 2. The molecule has 0 bridgehead atoms. The van der Waals surface area contributed by atoms with Crippen LogP contribution in [0.1, 0.15) is 36.9 Å². The molecule has 2 N–H and O–H groups in total. The maximum absolute atomic E-state index is 13.2. The molecule has 2 aliphatic heterocycles. The monoisotopic (exact) mass is 465 g/mol. The molecule has 0 saturated heterocycles. The van der Waals surface area contributed by atoms with E-state index in [4.69, 9.17) is 4.98 Å². The molecule has 1 saturated carbocycles. The summed E-state index contributed by atoms with van der Waals surface area (Å²) in [5, 5.41) is 9.52. The molecule has 3 aliphatic rings. The van der Waals surface area contributed by atoms with Crippen molar-refractivity contribution < 1.29 is 5.11 Å². The van der Waals surface area contributed by atoms with Gasteiger partial charge in [-0.2, -0.15) is 0 Å². The summed E-state index contributed by atoms with van der Waals surface area (Å²) in [6.45, 7) is 0. The number of hydrogen-bond donors (Lipinski definition) is 2. The predicted octanol–water partition coefficient (Wildman–Crippen LogP) is 3.65. The average Bonchev–Trinajstić information content (AvgIpc) is 3.39. The Hall–Kier alpha value is -2.82. The van der Waals surface area contributed by atoms with Gasteiger partial charge in [-0.1, -0.05) is 0 Å². The Morgan fingerprint density at radius 2 is 1.80 bits per heavy atom. The first-order valence-corrected chi connectivity index (χ1v) is 12.2. The van der Waals surface area contributed by atoms with E-state index >= 15 is 0 Å². The second kappa shape index (κ2) is 8.13. The molecule has 5 rings (SSSR count). The Balaban J connectivity index is 1.60. The van der Waals surface area contributed by atoms with Gasteiger partial charge in [0.05, 0.1) is 0 Å². The third-order valence-electron chi connectivity index (χ3n) is 5.62. The summed E-state index contributed by atoms with van der Waals surface area (Å²) in [7, 11) is 0. The summed E-state index contributed by atoms with van der Waals surface area (Å²) in [5.41, 5.74) is 3.46. The van der Waals surface area contributed by atoms with E-state index in [1.807, 2.05) is 36.5 Å². The fourth-order valence-corrected chi connectivity index (χ4v) is 6.80. The van der Waals surface area contributed by atoms with Crippen LogP contribution < -0.4 is 10.2 Å². The van der Waals surface area contributed by atoms with Crippen molar-refractivity contribution in [2.75, 3.05) is 0 Å². The van der Waals surface area contributed by atoms with E-state index in [0.717, 1.165) is 27.2 Å². The summed E-state index contributed by atoms with van der Waals surface area (Å²) in [5.74, 6) is 0.986. The van der Waals surface area contributed by atoms with Crippen molar-refractivity contribution in [2.24, 2.45) is 0 Å². The first-order valence-electron chi connectivity index (χ1n) is 10.3. The molecular formula is C24H23N3O2Se. The first kappa shape index (κ1) is 19.2. The normalized spacial score (nSPS) is 14.5. The maximum atomic E-state index is 13.2. The molecule has 2 aromatic carbocycles. The number of aromatic nitrogens is 3. The van der Waals surface area contributed by atoms with Gasteiger partial charge in [0.1, 0.15) is 0 Å². The van der Waals surface area contributed by atoms with Gasteiger partial charge in [-0.15, -0.1) is 0 Å². The van der Waals surface area contributed by atoms with Crippen LogP contribution in [0.2, 0.25) is 4.82 Å².